The molecule has 3 rings (SSSR count). The number of amides is 1. The maximum atomic E-state index is 12.8. The second kappa shape index (κ2) is 10.5. The minimum atomic E-state index is -0.446. The second-order valence-electron chi connectivity index (χ2n) is 8.36. The maximum Gasteiger partial charge on any atom is 0.332 e. The molecule has 9 nitrogen and oxygen atoms in total. The fourth-order valence-electron chi connectivity index (χ4n) is 3.69. The summed E-state index contributed by atoms with van der Waals surface area (Å²) in [4.78, 5) is 41.9. The summed E-state index contributed by atoms with van der Waals surface area (Å²) in [6.07, 6.45) is 2.59. The normalized spacial score (nSPS) is 12.2. The van der Waals surface area contributed by atoms with Gasteiger partial charge in [0.05, 0.1) is 6.61 Å². The molecule has 0 bridgehead atoms. The molecule has 0 fully saturated rings. The van der Waals surface area contributed by atoms with E-state index in [0.29, 0.717) is 31.0 Å². The van der Waals surface area contributed by atoms with Crippen molar-refractivity contribution < 1.29 is 9.53 Å². The van der Waals surface area contributed by atoms with E-state index in [1.807, 2.05) is 31.2 Å². The third-order valence-corrected chi connectivity index (χ3v) is 5.91. The van der Waals surface area contributed by atoms with Gasteiger partial charge in [0, 0.05) is 32.7 Å². The van der Waals surface area contributed by atoms with Crippen molar-refractivity contribution in [1.82, 2.24) is 18.7 Å². The van der Waals surface area contributed by atoms with E-state index in [-0.39, 0.29) is 24.0 Å². The topological polar surface area (TPSA) is 100 Å². The molecule has 0 aliphatic carbocycles. The average Bonchev–Trinajstić information content (AvgIpc) is 3.18. The first-order valence-electron chi connectivity index (χ1n) is 11.5. The molecular formula is C24H33N5O4. The van der Waals surface area contributed by atoms with Gasteiger partial charge in [-0.25, -0.2) is 4.79 Å². The Balaban J connectivity index is 1.74. The van der Waals surface area contributed by atoms with Crippen LogP contribution in [0.2, 0.25) is 0 Å². The van der Waals surface area contributed by atoms with Gasteiger partial charge in [0.1, 0.15) is 0 Å². The van der Waals surface area contributed by atoms with E-state index in [1.165, 1.54) is 17.2 Å². The largest absolute Gasteiger partial charge is 0.465 e. The van der Waals surface area contributed by atoms with Gasteiger partial charge in [-0.15, -0.1) is 0 Å². The number of benzene rings is 1. The third kappa shape index (κ3) is 5.18. The van der Waals surface area contributed by atoms with Crippen molar-refractivity contribution >= 4 is 22.8 Å². The maximum absolute atomic E-state index is 12.8. The molecule has 1 unspecified atom stereocenters. The van der Waals surface area contributed by atoms with Crippen LogP contribution in [-0.2, 0) is 25.4 Å². The monoisotopic (exact) mass is 455 g/mol. The van der Waals surface area contributed by atoms with Crippen LogP contribution in [0.1, 0.15) is 57.9 Å². The van der Waals surface area contributed by atoms with Crippen LogP contribution >= 0.6 is 0 Å². The predicted octanol–water partition coefficient (Wildman–Crippen LogP) is 3.15. The molecule has 1 atom stereocenters. The Kier molecular flexibility index (Phi) is 7.73. The summed E-state index contributed by atoms with van der Waals surface area (Å²) in [6.45, 7) is 7.10. The van der Waals surface area contributed by atoms with Gasteiger partial charge in [-0.05, 0) is 42.9 Å². The van der Waals surface area contributed by atoms with Crippen molar-refractivity contribution in [3.05, 3.63) is 50.7 Å². The molecule has 1 amide bonds. The summed E-state index contributed by atoms with van der Waals surface area (Å²) in [6, 6.07) is 8.21. The van der Waals surface area contributed by atoms with Gasteiger partial charge in [0.2, 0.25) is 5.91 Å². The number of ether oxygens (including phenoxy) is 1. The number of anilines is 1. The van der Waals surface area contributed by atoms with Crippen LogP contribution in [-0.4, -0.2) is 31.2 Å². The van der Waals surface area contributed by atoms with Crippen molar-refractivity contribution in [2.75, 3.05) is 11.9 Å². The van der Waals surface area contributed by atoms with Gasteiger partial charge < -0.3 is 10.1 Å². The summed E-state index contributed by atoms with van der Waals surface area (Å²) >= 11 is 0. The van der Waals surface area contributed by atoms with Crippen molar-refractivity contribution in [1.29, 1.82) is 0 Å². The molecule has 0 aliphatic rings. The van der Waals surface area contributed by atoms with E-state index < -0.39 is 11.2 Å². The number of rotatable bonds is 10. The van der Waals surface area contributed by atoms with Crippen LogP contribution in [0, 0.1) is 0 Å². The molecule has 0 saturated carbocycles. The van der Waals surface area contributed by atoms with E-state index in [4.69, 9.17) is 4.74 Å². The zero-order valence-electron chi connectivity index (χ0n) is 20.1. The van der Waals surface area contributed by atoms with E-state index in [1.54, 1.807) is 11.6 Å². The zero-order valence-corrected chi connectivity index (χ0v) is 20.1. The van der Waals surface area contributed by atoms with Gasteiger partial charge in [-0.2, -0.15) is 4.98 Å². The van der Waals surface area contributed by atoms with E-state index in [0.717, 1.165) is 23.1 Å². The molecule has 1 aromatic carbocycles. The lowest BCUT2D eigenvalue weighted by atomic mass is 9.99. The third-order valence-electron chi connectivity index (χ3n) is 5.91. The highest BCUT2D eigenvalue weighted by molar-refractivity contribution is 5.90. The lowest BCUT2D eigenvalue weighted by molar-refractivity contribution is -0.116. The Bertz CT molecular complexity index is 1240. The first-order chi connectivity index (χ1) is 15.8. The summed E-state index contributed by atoms with van der Waals surface area (Å²) in [5.74, 6) is 0.378. The van der Waals surface area contributed by atoms with Gasteiger partial charge in [0.25, 0.3) is 11.6 Å². The first kappa shape index (κ1) is 24.3. The molecule has 2 aromatic heterocycles. The van der Waals surface area contributed by atoms with Crippen LogP contribution in [0.4, 0.5) is 5.69 Å². The van der Waals surface area contributed by atoms with E-state index >= 15 is 0 Å². The number of carbonyl (C=O) groups excluding carboxylic acids is 1. The number of carbonyl (C=O) groups is 1. The summed E-state index contributed by atoms with van der Waals surface area (Å²) in [5, 5.41) is 2.92. The molecule has 1 N–H and O–H groups in total. The number of hydrogen-bond acceptors (Lipinski definition) is 5. The van der Waals surface area contributed by atoms with E-state index in [2.05, 4.69) is 24.1 Å². The lowest BCUT2D eigenvalue weighted by Gasteiger charge is -2.11. The molecule has 0 aliphatic heterocycles. The lowest BCUT2D eigenvalue weighted by Crippen LogP contribution is -2.37. The highest BCUT2D eigenvalue weighted by Crippen LogP contribution is 2.21. The summed E-state index contributed by atoms with van der Waals surface area (Å²) < 4.78 is 9.80. The number of fused-ring (bicyclic) bond motifs is 1. The average molecular weight is 456 g/mol. The molecule has 0 radical (unpaired) electrons. The number of imidazole rings is 1. The van der Waals surface area contributed by atoms with Crippen LogP contribution in [0.15, 0.2) is 33.9 Å². The molecule has 0 saturated heterocycles. The van der Waals surface area contributed by atoms with Crippen LogP contribution < -0.4 is 21.3 Å². The molecule has 178 valence electrons. The standard InChI is InChI=1S/C24H33N5O4/c1-6-15-33-23-26-21-20(22(31)28(5)24(32)27(21)4)29(23)14-8-9-19(30)25-18-12-10-17(11-13-18)16(3)7-2/h10-13,16H,6-9,14-15H2,1-5H3,(H,25,30). The number of aromatic nitrogens is 4. The fourth-order valence-corrected chi connectivity index (χ4v) is 3.69. The molecule has 3 aromatic rings. The van der Waals surface area contributed by atoms with Crippen LogP contribution in [0.25, 0.3) is 11.2 Å². The Labute approximate surface area is 193 Å². The van der Waals surface area contributed by atoms with Gasteiger partial charge >= 0.3 is 5.69 Å². The number of aryl methyl sites for hydroxylation is 2. The SMILES string of the molecule is CCCOc1nc2c(c(=O)n(C)c(=O)n2C)n1CCCC(=O)Nc1ccc(C(C)CC)cc1. The molecule has 2 heterocycles. The summed E-state index contributed by atoms with van der Waals surface area (Å²) in [7, 11) is 3.01. The first-order valence-corrected chi connectivity index (χ1v) is 11.5. The highest BCUT2D eigenvalue weighted by Gasteiger charge is 2.20. The van der Waals surface area contributed by atoms with Crippen LogP contribution in [0.3, 0.4) is 0 Å². The minimum absolute atomic E-state index is 0.105. The van der Waals surface area contributed by atoms with Crippen LogP contribution in [0.5, 0.6) is 6.01 Å². The number of nitrogens with one attached hydrogen (secondary N) is 1. The molecular weight excluding hydrogens is 422 g/mol. The highest BCUT2D eigenvalue weighted by atomic mass is 16.5. The molecule has 0 spiro atoms. The van der Waals surface area contributed by atoms with Crippen molar-refractivity contribution in [3.63, 3.8) is 0 Å². The van der Waals surface area contributed by atoms with Gasteiger partial charge in [0.15, 0.2) is 11.2 Å². The van der Waals surface area contributed by atoms with Crippen molar-refractivity contribution in [2.45, 2.75) is 58.9 Å². The predicted molar refractivity (Wildman–Crippen MR) is 129 cm³/mol. The zero-order chi connectivity index (χ0) is 24.1. The molecule has 33 heavy (non-hydrogen) atoms. The Morgan fingerprint density at radius 2 is 1.82 bits per heavy atom. The molecule has 9 heteroatoms. The van der Waals surface area contributed by atoms with E-state index in [9.17, 15) is 14.4 Å². The second-order valence-corrected chi connectivity index (χ2v) is 8.36. The Hall–Kier alpha value is -3.36. The quantitative estimate of drug-likeness (QED) is 0.506. The Morgan fingerprint density at radius 3 is 2.45 bits per heavy atom. The smallest absolute Gasteiger partial charge is 0.332 e. The Morgan fingerprint density at radius 1 is 1.12 bits per heavy atom. The van der Waals surface area contributed by atoms with Crippen molar-refractivity contribution in [3.8, 4) is 6.01 Å². The van der Waals surface area contributed by atoms with Crippen molar-refractivity contribution in [2.24, 2.45) is 14.1 Å². The van der Waals surface area contributed by atoms with Gasteiger partial charge in [-0.1, -0.05) is 32.9 Å². The number of nitrogens with zero attached hydrogens (tertiary/aromatic N) is 4. The minimum Gasteiger partial charge on any atom is -0.465 e. The number of hydrogen-bond donors (Lipinski definition) is 1. The van der Waals surface area contributed by atoms with Gasteiger partial charge in [-0.3, -0.25) is 23.3 Å². The fraction of sp³-hybridized carbons (Fsp3) is 0.500. The summed E-state index contributed by atoms with van der Waals surface area (Å²) in [5.41, 5.74) is 1.71.